The van der Waals surface area contributed by atoms with Gasteiger partial charge in [0, 0.05) is 54.9 Å². The predicted molar refractivity (Wildman–Crippen MR) is 284 cm³/mol. The zero-order chi connectivity index (χ0) is 47.0. The molecule has 0 saturated heterocycles. The molecule has 0 N–H and O–H groups in total. The number of nitrogens with zero attached hydrogens (tertiary/aromatic N) is 9. The Morgan fingerprint density at radius 3 is 1.03 bits per heavy atom. The van der Waals surface area contributed by atoms with Crippen molar-refractivity contribution < 1.29 is 0 Å². The minimum Gasteiger partial charge on any atom is -0.277 e. The number of aromatic nitrogens is 9. The molecular formula is C61H37N9O. The zero-order valence-corrected chi connectivity index (χ0v) is 37.8. The van der Waals surface area contributed by atoms with E-state index in [1.54, 1.807) is 0 Å². The first-order chi connectivity index (χ1) is 35.2. The van der Waals surface area contributed by atoms with Crippen molar-refractivity contribution in [2.75, 3.05) is 0 Å². The van der Waals surface area contributed by atoms with Crippen LogP contribution in [0.5, 0.6) is 0 Å². The Morgan fingerprint density at radius 2 is 0.592 bits per heavy atom. The number of benzene rings is 9. The van der Waals surface area contributed by atoms with Crippen molar-refractivity contribution in [3.63, 3.8) is 0 Å². The maximum Gasteiger partial charge on any atom is 0.265 e. The summed E-state index contributed by atoms with van der Waals surface area (Å²) < 4.78 is 6.02. The number of para-hydroxylation sites is 3. The Bertz CT molecular complexity index is 4340. The molecule has 0 atom stereocenters. The highest BCUT2D eigenvalue weighted by Crippen LogP contribution is 2.42. The molecule has 5 heterocycles. The molecule has 9 aromatic carbocycles. The van der Waals surface area contributed by atoms with Crippen LogP contribution in [0.4, 0.5) is 0 Å². The molecule has 0 fully saturated rings. The van der Waals surface area contributed by atoms with Gasteiger partial charge in [-0.1, -0.05) is 200 Å². The third kappa shape index (κ3) is 6.39. The highest BCUT2D eigenvalue weighted by atomic mass is 16.1. The van der Waals surface area contributed by atoms with Gasteiger partial charge < -0.3 is 0 Å². The van der Waals surface area contributed by atoms with Gasteiger partial charge in [0.2, 0.25) is 11.9 Å². The van der Waals surface area contributed by atoms with E-state index >= 15 is 4.79 Å². The maximum absolute atomic E-state index is 16.4. The fourth-order valence-electron chi connectivity index (χ4n) is 10.2. The Kier molecular flexibility index (Phi) is 9.11. The molecule has 0 aliphatic carbocycles. The van der Waals surface area contributed by atoms with E-state index in [2.05, 4.69) is 53.1 Å². The molecule has 332 valence electrons. The first kappa shape index (κ1) is 40.2. The standard InChI is InChI=1S/C61H37N9O/c71-59-51-45(34-35-46-43-30-16-18-32-49(43)69(52(46)51)60-64-55(38-20-6-1-7-21-38)62-56(65-60)39-22-8-2-9-23-39)48-37-36-47-44-31-17-19-33-50(44)70(54(47)53(48)68(59)42-28-14-5-15-29-42)61-66-57(40-24-10-3-11-25-40)63-58(67-61)41-26-12-4-13-27-41/h1-37H. The Morgan fingerprint density at radius 1 is 0.268 bits per heavy atom. The third-order valence-electron chi connectivity index (χ3n) is 13.4. The smallest absolute Gasteiger partial charge is 0.265 e. The summed E-state index contributed by atoms with van der Waals surface area (Å²) in [5, 5.41) is 5.97. The van der Waals surface area contributed by atoms with Crippen LogP contribution in [-0.2, 0) is 0 Å². The fourth-order valence-corrected chi connectivity index (χ4v) is 10.2. The number of hydrogen-bond donors (Lipinski definition) is 0. The van der Waals surface area contributed by atoms with Crippen molar-refractivity contribution in [2.24, 2.45) is 0 Å². The van der Waals surface area contributed by atoms with E-state index in [9.17, 15) is 0 Å². The molecule has 0 unspecified atom stereocenters. The summed E-state index contributed by atoms with van der Waals surface area (Å²) in [5.74, 6) is 2.93. The molecule has 5 aromatic heterocycles. The van der Waals surface area contributed by atoms with Gasteiger partial charge in [0.1, 0.15) is 0 Å². The Labute approximate surface area is 405 Å². The van der Waals surface area contributed by atoms with Gasteiger partial charge in [0.05, 0.1) is 33.0 Å². The molecule has 0 spiro atoms. The number of pyridine rings is 1. The Balaban J connectivity index is 1.15. The average Bonchev–Trinajstić information content (AvgIpc) is 3.98. The van der Waals surface area contributed by atoms with Crippen LogP contribution in [0.15, 0.2) is 229 Å². The van der Waals surface area contributed by atoms with E-state index in [1.165, 1.54) is 0 Å². The summed E-state index contributed by atoms with van der Waals surface area (Å²) in [6.45, 7) is 0. The van der Waals surface area contributed by atoms with E-state index in [0.29, 0.717) is 57.3 Å². The summed E-state index contributed by atoms with van der Waals surface area (Å²) in [6, 6.07) is 74.7. The normalized spacial score (nSPS) is 11.7. The lowest BCUT2D eigenvalue weighted by Gasteiger charge is -2.18. The van der Waals surface area contributed by atoms with Crippen LogP contribution < -0.4 is 5.56 Å². The van der Waals surface area contributed by atoms with Crippen LogP contribution >= 0.6 is 0 Å². The van der Waals surface area contributed by atoms with E-state index in [-0.39, 0.29) is 5.56 Å². The molecule has 10 nitrogen and oxygen atoms in total. The molecule has 71 heavy (non-hydrogen) atoms. The van der Waals surface area contributed by atoms with Gasteiger partial charge in [-0.15, -0.1) is 0 Å². The first-order valence-electron chi connectivity index (χ1n) is 23.4. The molecule has 0 amide bonds. The van der Waals surface area contributed by atoms with Crippen LogP contribution in [0.1, 0.15) is 0 Å². The minimum absolute atomic E-state index is 0.205. The molecule has 14 aromatic rings. The van der Waals surface area contributed by atoms with Crippen LogP contribution in [0.25, 0.3) is 128 Å². The molecular weight excluding hydrogens is 875 g/mol. The molecule has 0 saturated carbocycles. The van der Waals surface area contributed by atoms with E-state index < -0.39 is 0 Å². The number of hydrogen-bond acceptors (Lipinski definition) is 7. The third-order valence-corrected chi connectivity index (χ3v) is 13.4. The second-order valence-electron chi connectivity index (χ2n) is 17.5. The lowest BCUT2D eigenvalue weighted by Crippen LogP contribution is -2.21. The minimum atomic E-state index is -0.205. The van der Waals surface area contributed by atoms with Gasteiger partial charge in [0.15, 0.2) is 23.3 Å². The van der Waals surface area contributed by atoms with Crippen LogP contribution in [-0.4, -0.2) is 43.6 Å². The summed E-state index contributed by atoms with van der Waals surface area (Å²) in [7, 11) is 0. The second-order valence-corrected chi connectivity index (χ2v) is 17.5. The lowest BCUT2D eigenvalue weighted by molar-refractivity contribution is 0.950. The lowest BCUT2D eigenvalue weighted by atomic mass is 10.0. The fraction of sp³-hybridized carbons (Fsp3) is 0. The topological polar surface area (TPSA) is 109 Å². The number of fused-ring (bicyclic) bond motifs is 11. The highest BCUT2D eigenvalue weighted by molar-refractivity contribution is 6.26. The summed E-state index contributed by atoms with van der Waals surface area (Å²) in [4.78, 5) is 47.5. The average molecular weight is 912 g/mol. The quantitative estimate of drug-likeness (QED) is 0.146. The zero-order valence-electron chi connectivity index (χ0n) is 37.8. The van der Waals surface area contributed by atoms with Crippen molar-refractivity contribution in [1.82, 2.24) is 43.6 Å². The van der Waals surface area contributed by atoms with Crippen LogP contribution in [0.3, 0.4) is 0 Å². The monoisotopic (exact) mass is 911 g/mol. The largest absolute Gasteiger partial charge is 0.277 e. The first-order valence-corrected chi connectivity index (χ1v) is 23.4. The van der Waals surface area contributed by atoms with Crippen molar-refractivity contribution >= 4 is 65.3 Å². The van der Waals surface area contributed by atoms with Gasteiger partial charge in [-0.05, 0) is 29.7 Å². The van der Waals surface area contributed by atoms with Gasteiger partial charge in [-0.25, -0.2) is 9.97 Å². The van der Waals surface area contributed by atoms with Gasteiger partial charge >= 0.3 is 0 Å². The predicted octanol–water partition coefficient (Wildman–Crippen LogP) is 13.4. The molecule has 0 aliphatic heterocycles. The summed E-state index contributed by atoms with van der Waals surface area (Å²) >= 11 is 0. The Hall–Kier alpha value is -9.93. The molecule has 0 aliphatic rings. The SMILES string of the molecule is O=c1c2c(ccc3c4ccccc4n(-c4nc(-c5ccccc5)nc(-c5ccccc5)n4)c32)c2ccc3c4ccccc4n(-c4nc(-c5ccccc5)nc(-c5ccccc5)n4)c3c2n1-c1ccccc1. The highest BCUT2D eigenvalue weighted by Gasteiger charge is 2.27. The van der Waals surface area contributed by atoms with Crippen molar-refractivity contribution in [3.05, 3.63) is 235 Å². The molecule has 10 heteroatoms. The second kappa shape index (κ2) is 16.1. The molecule has 0 radical (unpaired) electrons. The van der Waals surface area contributed by atoms with E-state index in [0.717, 1.165) is 71.1 Å². The van der Waals surface area contributed by atoms with Crippen LogP contribution in [0.2, 0.25) is 0 Å². The van der Waals surface area contributed by atoms with Gasteiger partial charge in [-0.3, -0.25) is 18.5 Å². The number of rotatable bonds is 7. The van der Waals surface area contributed by atoms with E-state index in [1.807, 2.05) is 185 Å². The van der Waals surface area contributed by atoms with Gasteiger partial charge in [-0.2, -0.15) is 19.9 Å². The van der Waals surface area contributed by atoms with Crippen molar-refractivity contribution in [3.8, 4) is 63.1 Å². The van der Waals surface area contributed by atoms with Crippen LogP contribution in [0, 0.1) is 0 Å². The summed E-state index contributed by atoms with van der Waals surface area (Å²) in [6.07, 6.45) is 0. The van der Waals surface area contributed by atoms with Crippen molar-refractivity contribution in [2.45, 2.75) is 0 Å². The van der Waals surface area contributed by atoms with E-state index in [4.69, 9.17) is 29.9 Å². The van der Waals surface area contributed by atoms with Gasteiger partial charge in [0.25, 0.3) is 5.56 Å². The maximum atomic E-state index is 16.4. The summed E-state index contributed by atoms with van der Waals surface area (Å²) in [5.41, 5.74) is 7.86. The van der Waals surface area contributed by atoms with Crippen molar-refractivity contribution in [1.29, 1.82) is 0 Å². The molecule has 14 rings (SSSR count). The molecule has 0 bridgehead atoms.